The van der Waals surface area contributed by atoms with Crippen LogP contribution in [0.1, 0.15) is 25.8 Å². The van der Waals surface area contributed by atoms with Gasteiger partial charge >= 0.3 is 5.97 Å². The van der Waals surface area contributed by atoms with E-state index in [9.17, 15) is 28.3 Å². The third kappa shape index (κ3) is 4.76. The standard InChI is InChI=1S/C26H26F2N2O5/c1-15-6-4-5-7-18(15)21-11-29-22(31)20-10-17(8-9-19(20)21)35-16(2)23(32)30-13-25(3,24(33)34)12-26(27,28)14-30/h4-11,16H,12-14H2,1-3H3,(H,29,31)(H,33,34)/t16-,25-/m1/s1. The number of hydrogen-bond donors (Lipinski definition) is 2. The Labute approximate surface area is 200 Å². The number of aromatic nitrogens is 1. The molecule has 1 saturated heterocycles. The molecule has 7 nitrogen and oxygen atoms in total. The second-order valence-electron chi connectivity index (χ2n) is 9.41. The Kier molecular flexibility index (Phi) is 6.12. The molecule has 4 rings (SSSR count). The number of aryl methyl sites for hydroxylation is 1. The number of likely N-dealkylation sites (tertiary alicyclic amines) is 1. The molecule has 1 aromatic heterocycles. The summed E-state index contributed by atoms with van der Waals surface area (Å²) >= 11 is 0. The monoisotopic (exact) mass is 484 g/mol. The number of halogens is 2. The van der Waals surface area contributed by atoms with Crippen LogP contribution in [0.3, 0.4) is 0 Å². The Morgan fingerprint density at radius 3 is 2.51 bits per heavy atom. The molecule has 2 atom stereocenters. The molecule has 2 heterocycles. The fourth-order valence-corrected chi connectivity index (χ4v) is 4.66. The maximum absolute atomic E-state index is 14.2. The molecule has 9 heteroatoms. The van der Waals surface area contributed by atoms with Crippen molar-refractivity contribution in [3.63, 3.8) is 0 Å². The number of H-pyrrole nitrogens is 1. The summed E-state index contributed by atoms with van der Waals surface area (Å²) in [5.74, 6) is -5.25. The van der Waals surface area contributed by atoms with Gasteiger partial charge in [-0.1, -0.05) is 24.3 Å². The van der Waals surface area contributed by atoms with Crippen LogP contribution in [0.15, 0.2) is 53.5 Å². The zero-order valence-electron chi connectivity index (χ0n) is 19.6. The van der Waals surface area contributed by atoms with E-state index in [0.29, 0.717) is 10.8 Å². The first-order valence-corrected chi connectivity index (χ1v) is 11.2. The van der Waals surface area contributed by atoms with Crippen molar-refractivity contribution in [1.29, 1.82) is 0 Å². The number of amides is 1. The van der Waals surface area contributed by atoms with Gasteiger partial charge in [-0.25, -0.2) is 8.78 Å². The molecule has 3 aromatic rings. The normalized spacial score (nSPS) is 20.4. The molecule has 1 fully saturated rings. The molecule has 0 radical (unpaired) electrons. The fourth-order valence-electron chi connectivity index (χ4n) is 4.66. The number of fused-ring (bicyclic) bond motifs is 1. The highest BCUT2D eigenvalue weighted by Crippen LogP contribution is 2.39. The smallest absolute Gasteiger partial charge is 0.311 e. The summed E-state index contributed by atoms with van der Waals surface area (Å²) in [6.07, 6.45) is -0.362. The number of carboxylic acids is 1. The van der Waals surface area contributed by atoms with Crippen LogP contribution in [-0.2, 0) is 9.59 Å². The van der Waals surface area contributed by atoms with Crippen LogP contribution >= 0.6 is 0 Å². The zero-order chi connectivity index (χ0) is 25.5. The lowest BCUT2D eigenvalue weighted by Crippen LogP contribution is -2.58. The number of nitrogens with one attached hydrogen (secondary N) is 1. The molecule has 0 bridgehead atoms. The molecular formula is C26H26F2N2O5. The quantitative estimate of drug-likeness (QED) is 0.565. The largest absolute Gasteiger partial charge is 0.481 e. The van der Waals surface area contributed by atoms with Crippen molar-refractivity contribution in [3.05, 3.63) is 64.6 Å². The van der Waals surface area contributed by atoms with E-state index in [1.54, 1.807) is 18.3 Å². The second kappa shape index (κ2) is 8.79. The fraction of sp³-hybridized carbons (Fsp3) is 0.346. The van der Waals surface area contributed by atoms with Gasteiger partial charge in [0.2, 0.25) is 0 Å². The van der Waals surface area contributed by atoms with E-state index in [1.807, 2.05) is 31.2 Å². The number of ether oxygens (including phenoxy) is 1. The molecule has 2 aromatic carbocycles. The number of carbonyl (C=O) groups excluding carboxylic acids is 1. The van der Waals surface area contributed by atoms with Gasteiger partial charge in [-0.3, -0.25) is 14.4 Å². The molecule has 2 N–H and O–H groups in total. The first-order valence-electron chi connectivity index (χ1n) is 11.2. The van der Waals surface area contributed by atoms with E-state index in [0.717, 1.165) is 21.6 Å². The number of aliphatic carboxylic acids is 1. The van der Waals surface area contributed by atoms with E-state index >= 15 is 0 Å². The number of pyridine rings is 1. The number of piperidine rings is 1. The van der Waals surface area contributed by atoms with Crippen LogP contribution in [0.2, 0.25) is 0 Å². The van der Waals surface area contributed by atoms with Gasteiger partial charge in [0.15, 0.2) is 6.10 Å². The van der Waals surface area contributed by atoms with E-state index in [4.69, 9.17) is 4.74 Å². The van der Waals surface area contributed by atoms with Gasteiger partial charge in [-0.05, 0) is 55.5 Å². The highest BCUT2D eigenvalue weighted by atomic mass is 19.3. The van der Waals surface area contributed by atoms with Gasteiger partial charge in [0, 0.05) is 24.7 Å². The summed E-state index contributed by atoms with van der Waals surface area (Å²) in [4.78, 5) is 40.6. The average Bonchev–Trinajstić information content (AvgIpc) is 2.78. The molecular weight excluding hydrogens is 458 g/mol. The van der Waals surface area contributed by atoms with Crippen molar-refractivity contribution in [2.24, 2.45) is 5.41 Å². The lowest BCUT2D eigenvalue weighted by Gasteiger charge is -2.42. The van der Waals surface area contributed by atoms with E-state index in [2.05, 4.69) is 4.98 Å². The summed E-state index contributed by atoms with van der Waals surface area (Å²) in [6.45, 7) is 3.36. The van der Waals surface area contributed by atoms with Crippen molar-refractivity contribution >= 4 is 22.6 Å². The maximum atomic E-state index is 14.2. The molecule has 1 aliphatic heterocycles. The zero-order valence-corrected chi connectivity index (χ0v) is 19.6. The van der Waals surface area contributed by atoms with Crippen LogP contribution in [0, 0.1) is 12.3 Å². The Morgan fingerprint density at radius 2 is 1.83 bits per heavy atom. The Morgan fingerprint density at radius 1 is 1.11 bits per heavy atom. The van der Waals surface area contributed by atoms with Gasteiger partial charge in [0.05, 0.1) is 17.3 Å². The maximum Gasteiger partial charge on any atom is 0.311 e. The highest BCUT2D eigenvalue weighted by Gasteiger charge is 2.52. The minimum absolute atomic E-state index is 0.218. The second-order valence-corrected chi connectivity index (χ2v) is 9.41. The Hall–Kier alpha value is -3.75. The molecule has 184 valence electrons. The van der Waals surface area contributed by atoms with Crippen LogP contribution in [-0.4, -0.2) is 52.0 Å². The van der Waals surface area contributed by atoms with Gasteiger partial charge in [-0.2, -0.15) is 0 Å². The number of hydrogen-bond acceptors (Lipinski definition) is 4. The highest BCUT2D eigenvalue weighted by molar-refractivity contribution is 5.97. The minimum atomic E-state index is -3.33. The molecule has 0 aliphatic carbocycles. The third-order valence-corrected chi connectivity index (χ3v) is 6.41. The summed E-state index contributed by atoms with van der Waals surface area (Å²) < 4.78 is 34.2. The van der Waals surface area contributed by atoms with Gasteiger partial charge in [0.25, 0.3) is 17.4 Å². The van der Waals surface area contributed by atoms with Gasteiger partial charge in [-0.15, -0.1) is 0 Å². The van der Waals surface area contributed by atoms with Gasteiger partial charge < -0.3 is 19.7 Å². The molecule has 35 heavy (non-hydrogen) atoms. The van der Waals surface area contributed by atoms with Gasteiger partial charge in [0.1, 0.15) is 5.75 Å². The van der Waals surface area contributed by atoms with Crippen LogP contribution in [0.4, 0.5) is 8.78 Å². The number of aromatic amines is 1. The molecule has 0 spiro atoms. The number of nitrogens with zero attached hydrogens (tertiary/aromatic N) is 1. The minimum Gasteiger partial charge on any atom is -0.481 e. The molecule has 1 amide bonds. The Balaban J connectivity index is 1.61. The lowest BCUT2D eigenvalue weighted by atomic mass is 9.80. The van der Waals surface area contributed by atoms with E-state index in [-0.39, 0.29) is 17.9 Å². The topological polar surface area (TPSA) is 99.7 Å². The van der Waals surface area contributed by atoms with Crippen molar-refractivity contribution in [2.45, 2.75) is 39.2 Å². The summed E-state index contributed by atoms with van der Waals surface area (Å²) in [5, 5.41) is 10.5. The van der Waals surface area contributed by atoms with Crippen molar-refractivity contribution in [2.75, 3.05) is 13.1 Å². The first-order chi connectivity index (χ1) is 16.4. The van der Waals surface area contributed by atoms with Crippen LogP contribution in [0.5, 0.6) is 5.75 Å². The van der Waals surface area contributed by atoms with E-state index in [1.165, 1.54) is 19.9 Å². The van der Waals surface area contributed by atoms with Crippen LogP contribution < -0.4 is 10.3 Å². The third-order valence-electron chi connectivity index (χ3n) is 6.41. The molecule has 1 aliphatic rings. The predicted molar refractivity (Wildman–Crippen MR) is 127 cm³/mol. The Bertz CT molecular complexity index is 1370. The number of carboxylic acid groups (broad SMARTS) is 1. The van der Waals surface area contributed by atoms with Crippen molar-refractivity contribution in [3.8, 4) is 16.9 Å². The summed E-state index contributed by atoms with van der Waals surface area (Å²) in [6, 6.07) is 12.6. The SMILES string of the molecule is Cc1ccccc1-c1c[nH]c(=O)c2cc(O[C@H](C)C(=O)N3CC(F)(F)C[C@@](C)(C(=O)O)C3)ccc12. The molecule has 0 unspecified atom stereocenters. The van der Waals surface area contributed by atoms with E-state index < -0.39 is 42.3 Å². The molecule has 0 saturated carbocycles. The average molecular weight is 484 g/mol. The lowest BCUT2D eigenvalue weighted by molar-refractivity contribution is -0.174. The summed E-state index contributed by atoms with van der Waals surface area (Å²) in [7, 11) is 0. The number of rotatable bonds is 5. The summed E-state index contributed by atoms with van der Waals surface area (Å²) in [5.41, 5.74) is 0.719. The van der Waals surface area contributed by atoms with Crippen molar-refractivity contribution < 1.29 is 28.2 Å². The number of benzene rings is 2. The number of carbonyl (C=O) groups is 2. The van der Waals surface area contributed by atoms with Crippen LogP contribution in [0.25, 0.3) is 21.9 Å². The van der Waals surface area contributed by atoms with Crippen molar-refractivity contribution in [1.82, 2.24) is 9.88 Å². The predicted octanol–water partition coefficient (Wildman–Crippen LogP) is 4.23. The number of alkyl halides is 2. The first kappa shape index (κ1) is 24.4.